The average Bonchev–Trinajstić information content (AvgIpc) is 2.85. The van der Waals surface area contributed by atoms with E-state index in [0.717, 1.165) is 6.54 Å². The smallest absolute Gasteiger partial charge is 0.0414 e. The van der Waals surface area contributed by atoms with Crippen molar-refractivity contribution in [3.63, 3.8) is 0 Å². The van der Waals surface area contributed by atoms with Gasteiger partial charge in [-0.3, -0.25) is 4.90 Å². The van der Waals surface area contributed by atoms with E-state index in [1.807, 2.05) is 0 Å². The summed E-state index contributed by atoms with van der Waals surface area (Å²) < 4.78 is 0. The first-order chi connectivity index (χ1) is 9.81. The van der Waals surface area contributed by atoms with E-state index in [0.29, 0.717) is 17.9 Å². The summed E-state index contributed by atoms with van der Waals surface area (Å²) in [6, 6.07) is 22.0. The highest BCUT2D eigenvalue weighted by molar-refractivity contribution is 5.30. The maximum absolute atomic E-state index is 4.10. The molecule has 1 nitrogen and oxygen atoms in total. The first-order valence-electron chi connectivity index (χ1n) is 7.24. The van der Waals surface area contributed by atoms with E-state index < -0.39 is 0 Å². The summed E-state index contributed by atoms with van der Waals surface area (Å²) in [6.07, 6.45) is 2.14. The average molecular weight is 263 g/mol. The molecule has 1 fully saturated rings. The Hall–Kier alpha value is -1.86. The normalized spacial score (nSPS) is 26.6. The summed E-state index contributed by atoms with van der Waals surface area (Å²) in [4.78, 5) is 2.46. The maximum Gasteiger partial charge on any atom is 0.0414 e. The molecule has 0 amide bonds. The van der Waals surface area contributed by atoms with Crippen LogP contribution in [0.3, 0.4) is 0 Å². The lowest BCUT2D eigenvalue weighted by molar-refractivity contribution is 0.296. The lowest BCUT2D eigenvalue weighted by atomic mass is 9.83. The Balaban J connectivity index is 1.95. The van der Waals surface area contributed by atoms with Gasteiger partial charge in [0.25, 0.3) is 0 Å². The van der Waals surface area contributed by atoms with Crippen LogP contribution in [0.15, 0.2) is 73.3 Å². The zero-order chi connectivity index (χ0) is 13.9. The maximum atomic E-state index is 4.10. The summed E-state index contributed by atoms with van der Waals surface area (Å²) in [6.45, 7) is 5.19. The van der Waals surface area contributed by atoms with Gasteiger partial charge in [0, 0.05) is 24.4 Å². The van der Waals surface area contributed by atoms with Gasteiger partial charge in [0.05, 0.1) is 0 Å². The minimum atomic E-state index is 0.430. The van der Waals surface area contributed by atoms with Gasteiger partial charge in [0.2, 0.25) is 0 Å². The Morgan fingerprint density at radius 3 is 2.05 bits per heavy atom. The second-order valence-corrected chi connectivity index (χ2v) is 5.63. The summed E-state index contributed by atoms with van der Waals surface area (Å²) in [5.74, 6) is 0.994. The van der Waals surface area contributed by atoms with E-state index in [4.69, 9.17) is 0 Å². The Kier molecular flexibility index (Phi) is 3.70. The van der Waals surface area contributed by atoms with Crippen LogP contribution in [-0.4, -0.2) is 18.5 Å². The van der Waals surface area contributed by atoms with Crippen molar-refractivity contribution in [3.8, 4) is 0 Å². The highest BCUT2D eigenvalue weighted by Crippen LogP contribution is 2.45. The van der Waals surface area contributed by atoms with Gasteiger partial charge in [0.1, 0.15) is 0 Å². The van der Waals surface area contributed by atoms with Crippen LogP contribution in [0.1, 0.15) is 23.1 Å². The Bertz CT molecular complexity index is 561. The van der Waals surface area contributed by atoms with E-state index in [-0.39, 0.29) is 0 Å². The van der Waals surface area contributed by atoms with Crippen LogP contribution in [0, 0.1) is 5.92 Å². The van der Waals surface area contributed by atoms with Crippen LogP contribution >= 0.6 is 0 Å². The molecule has 0 N–H and O–H groups in total. The molecule has 102 valence electrons. The third kappa shape index (κ3) is 2.30. The van der Waals surface area contributed by atoms with Crippen LogP contribution in [0.25, 0.3) is 0 Å². The van der Waals surface area contributed by atoms with Crippen LogP contribution in [0.2, 0.25) is 0 Å². The molecule has 3 rings (SSSR count). The molecule has 0 saturated carbocycles. The van der Waals surface area contributed by atoms with E-state index in [1.165, 1.54) is 11.1 Å². The Morgan fingerprint density at radius 1 is 0.950 bits per heavy atom. The van der Waals surface area contributed by atoms with Crippen molar-refractivity contribution >= 4 is 0 Å². The molecule has 1 saturated heterocycles. The number of nitrogens with zero attached hydrogens (tertiary/aromatic N) is 1. The zero-order valence-corrected chi connectivity index (χ0v) is 11.9. The topological polar surface area (TPSA) is 3.24 Å². The second-order valence-electron chi connectivity index (χ2n) is 5.63. The Labute approximate surface area is 121 Å². The lowest BCUT2D eigenvalue weighted by Crippen LogP contribution is -2.20. The van der Waals surface area contributed by atoms with Crippen molar-refractivity contribution in [3.05, 3.63) is 84.4 Å². The van der Waals surface area contributed by atoms with Crippen LogP contribution in [-0.2, 0) is 0 Å². The van der Waals surface area contributed by atoms with Crippen molar-refractivity contribution in [2.45, 2.75) is 12.0 Å². The molecule has 1 heterocycles. The van der Waals surface area contributed by atoms with Gasteiger partial charge in [-0.25, -0.2) is 0 Å². The van der Waals surface area contributed by atoms with Crippen molar-refractivity contribution in [1.82, 2.24) is 4.90 Å². The third-order valence-electron chi connectivity index (χ3n) is 4.43. The third-order valence-corrected chi connectivity index (χ3v) is 4.43. The Morgan fingerprint density at radius 2 is 1.50 bits per heavy atom. The standard InChI is InChI=1S/C19H21N/c1-3-17-18(15-10-6-4-7-11-15)14-20(2)19(17)16-12-8-5-9-13-16/h3-13,17-19H,1,14H2,2H3/t17-,18-,19+/m0/s1. The molecule has 0 radical (unpaired) electrons. The quantitative estimate of drug-likeness (QED) is 0.748. The molecule has 2 aromatic carbocycles. The van der Waals surface area contributed by atoms with Crippen molar-refractivity contribution in [1.29, 1.82) is 0 Å². The number of hydrogen-bond donors (Lipinski definition) is 0. The largest absolute Gasteiger partial charge is 0.298 e. The molecular formula is C19H21N. The van der Waals surface area contributed by atoms with Gasteiger partial charge in [-0.15, -0.1) is 6.58 Å². The number of rotatable bonds is 3. The summed E-state index contributed by atoms with van der Waals surface area (Å²) in [5, 5.41) is 0. The molecule has 0 aliphatic carbocycles. The molecule has 0 aromatic heterocycles. The van der Waals surface area contributed by atoms with E-state index >= 15 is 0 Å². The van der Waals surface area contributed by atoms with Gasteiger partial charge < -0.3 is 0 Å². The molecule has 2 aromatic rings. The fourth-order valence-corrected chi connectivity index (χ4v) is 3.51. The minimum absolute atomic E-state index is 0.430. The number of likely N-dealkylation sites (N-methyl/N-ethyl adjacent to an activating group) is 1. The van der Waals surface area contributed by atoms with E-state index in [2.05, 4.69) is 85.3 Å². The minimum Gasteiger partial charge on any atom is -0.298 e. The fraction of sp³-hybridized carbons (Fsp3) is 0.263. The molecule has 1 heteroatoms. The zero-order valence-electron chi connectivity index (χ0n) is 11.9. The van der Waals surface area contributed by atoms with Gasteiger partial charge in [0.15, 0.2) is 0 Å². The van der Waals surface area contributed by atoms with Crippen molar-refractivity contribution < 1.29 is 0 Å². The van der Waals surface area contributed by atoms with E-state index in [1.54, 1.807) is 0 Å². The van der Waals surface area contributed by atoms with Gasteiger partial charge in [-0.2, -0.15) is 0 Å². The molecule has 1 aliphatic heterocycles. The van der Waals surface area contributed by atoms with Gasteiger partial charge >= 0.3 is 0 Å². The molecule has 20 heavy (non-hydrogen) atoms. The summed E-state index contributed by atoms with van der Waals surface area (Å²) in [5.41, 5.74) is 2.81. The van der Waals surface area contributed by atoms with Crippen molar-refractivity contribution in [2.24, 2.45) is 5.92 Å². The molecule has 1 aliphatic rings. The van der Waals surface area contributed by atoms with Crippen LogP contribution in [0.5, 0.6) is 0 Å². The van der Waals surface area contributed by atoms with Gasteiger partial charge in [-0.05, 0) is 18.2 Å². The summed E-state index contributed by atoms with van der Waals surface area (Å²) in [7, 11) is 2.22. The molecular weight excluding hydrogens is 242 g/mol. The monoisotopic (exact) mass is 263 g/mol. The predicted molar refractivity (Wildman–Crippen MR) is 84.7 cm³/mol. The van der Waals surface area contributed by atoms with Gasteiger partial charge in [-0.1, -0.05) is 66.7 Å². The first-order valence-corrected chi connectivity index (χ1v) is 7.24. The molecule has 0 spiro atoms. The summed E-state index contributed by atoms with van der Waals surface area (Å²) >= 11 is 0. The number of hydrogen-bond acceptors (Lipinski definition) is 1. The molecule has 0 bridgehead atoms. The number of benzene rings is 2. The highest BCUT2D eigenvalue weighted by atomic mass is 15.2. The van der Waals surface area contributed by atoms with Crippen LogP contribution < -0.4 is 0 Å². The molecule has 0 unspecified atom stereocenters. The van der Waals surface area contributed by atoms with Crippen molar-refractivity contribution in [2.75, 3.05) is 13.6 Å². The lowest BCUT2D eigenvalue weighted by Gasteiger charge is -2.24. The SMILES string of the molecule is C=C[C@@H]1[C@@H](c2ccccc2)N(C)C[C@H]1c1ccccc1. The van der Waals surface area contributed by atoms with Crippen LogP contribution in [0.4, 0.5) is 0 Å². The second kappa shape index (κ2) is 5.64. The highest BCUT2D eigenvalue weighted by Gasteiger charge is 2.39. The number of likely N-dealkylation sites (tertiary alicyclic amines) is 1. The first kappa shape index (κ1) is 13.1. The fourth-order valence-electron chi connectivity index (χ4n) is 3.51. The predicted octanol–water partition coefficient (Wildman–Crippen LogP) is 4.26. The van der Waals surface area contributed by atoms with E-state index in [9.17, 15) is 0 Å². The molecule has 3 atom stereocenters.